The lowest BCUT2D eigenvalue weighted by molar-refractivity contribution is 0.101. The van der Waals surface area contributed by atoms with E-state index in [-0.39, 0.29) is 22.7 Å². The van der Waals surface area contributed by atoms with Crippen molar-refractivity contribution >= 4 is 5.78 Å². The van der Waals surface area contributed by atoms with Crippen molar-refractivity contribution in [3.8, 4) is 17.6 Å². The number of Topliss-reactive ketones (excluding diaryl/α,β-unsaturated/α-hetero) is 1. The monoisotopic (exact) mass is 244 g/mol. The van der Waals surface area contributed by atoms with E-state index in [1.807, 2.05) is 6.07 Å². The zero-order valence-corrected chi connectivity index (χ0v) is 9.34. The molecule has 0 aliphatic heterocycles. The van der Waals surface area contributed by atoms with Crippen LogP contribution >= 0.6 is 0 Å². The van der Waals surface area contributed by atoms with Crippen LogP contribution in [-0.4, -0.2) is 25.7 Å². The lowest BCUT2D eigenvalue weighted by Gasteiger charge is -2.06. The molecular formula is C11H8N4O3. The normalized spacial score (nSPS) is 10.0. The highest BCUT2D eigenvalue weighted by molar-refractivity contribution is 5.94. The number of rotatable bonds is 2. The average molecular weight is 244 g/mol. The fourth-order valence-electron chi connectivity index (χ4n) is 1.47. The molecule has 0 bridgehead atoms. The summed E-state index contributed by atoms with van der Waals surface area (Å²) in [6.07, 6.45) is 2.50. The molecule has 0 spiro atoms. The van der Waals surface area contributed by atoms with Crippen LogP contribution in [0.4, 0.5) is 0 Å². The molecule has 0 unspecified atom stereocenters. The topological polar surface area (TPSA) is 112 Å². The van der Waals surface area contributed by atoms with Gasteiger partial charge in [-0.1, -0.05) is 0 Å². The van der Waals surface area contributed by atoms with Crippen LogP contribution in [0.25, 0.3) is 5.82 Å². The molecule has 2 rings (SSSR count). The summed E-state index contributed by atoms with van der Waals surface area (Å²) in [5, 5.41) is 24.5. The van der Waals surface area contributed by atoms with Gasteiger partial charge in [0.2, 0.25) is 0 Å². The average Bonchev–Trinajstić information content (AvgIpc) is 2.80. The molecule has 7 heteroatoms. The minimum absolute atomic E-state index is 0.112. The molecule has 0 radical (unpaired) electrons. The third kappa shape index (κ3) is 1.76. The number of carbonyl (C=O) groups is 1. The first-order chi connectivity index (χ1) is 8.54. The second-order valence-electron chi connectivity index (χ2n) is 3.59. The second kappa shape index (κ2) is 4.18. The highest BCUT2D eigenvalue weighted by Crippen LogP contribution is 2.12. The van der Waals surface area contributed by atoms with Crippen LogP contribution in [0.2, 0.25) is 0 Å². The Bertz CT molecular complexity index is 721. The molecule has 2 aromatic heterocycles. The van der Waals surface area contributed by atoms with Crippen LogP contribution in [0, 0.1) is 11.3 Å². The highest BCUT2D eigenvalue weighted by Gasteiger charge is 2.13. The Morgan fingerprint density at radius 2 is 2.33 bits per heavy atom. The van der Waals surface area contributed by atoms with E-state index in [0.29, 0.717) is 0 Å². The Morgan fingerprint density at radius 1 is 1.61 bits per heavy atom. The molecule has 18 heavy (non-hydrogen) atoms. The van der Waals surface area contributed by atoms with E-state index < -0.39 is 11.3 Å². The number of aromatic nitrogens is 3. The first kappa shape index (κ1) is 11.6. The van der Waals surface area contributed by atoms with Gasteiger partial charge in [-0.3, -0.25) is 19.3 Å². The van der Waals surface area contributed by atoms with Crippen molar-refractivity contribution in [1.82, 2.24) is 14.8 Å². The van der Waals surface area contributed by atoms with Crippen LogP contribution in [-0.2, 0) is 0 Å². The second-order valence-corrected chi connectivity index (χ2v) is 3.59. The van der Waals surface area contributed by atoms with Crippen LogP contribution in [0.5, 0.6) is 5.75 Å². The van der Waals surface area contributed by atoms with Crippen LogP contribution in [0.15, 0.2) is 23.3 Å². The third-order valence-electron chi connectivity index (χ3n) is 2.39. The summed E-state index contributed by atoms with van der Waals surface area (Å²) < 4.78 is 0.984. The van der Waals surface area contributed by atoms with Crippen molar-refractivity contribution in [2.24, 2.45) is 0 Å². The van der Waals surface area contributed by atoms with E-state index in [4.69, 9.17) is 5.26 Å². The summed E-state index contributed by atoms with van der Waals surface area (Å²) in [5.74, 6) is -0.765. The summed E-state index contributed by atoms with van der Waals surface area (Å²) in [7, 11) is 0. The SMILES string of the molecule is CC(=O)c1cc(O)c(=O)n(-c2[nH]ncc2C#N)c1. The summed E-state index contributed by atoms with van der Waals surface area (Å²) >= 11 is 0. The zero-order valence-electron chi connectivity index (χ0n) is 9.34. The minimum Gasteiger partial charge on any atom is -0.503 e. The van der Waals surface area contributed by atoms with E-state index in [9.17, 15) is 14.7 Å². The Kier molecular flexibility index (Phi) is 2.69. The standard InChI is InChI=1S/C11H8N4O3/c1-6(16)7-2-9(17)11(18)15(5-7)10-8(3-12)4-13-14-10/h2,4-5,17H,1H3,(H,13,14). The molecule has 0 fully saturated rings. The molecule has 2 N–H and O–H groups in total. The van der Waals surface area contributed by atoms with E-state index >= 15 is 0 Å². The quantitative estimate of drug-likeness (QED) is 0.740. The maximum absolute atomic E-state index is 11.8. The summed E-state index contributed by atoms with van der Waals surface area (Å²) in [5.41, 5.74) is -0.441. The molecule has 0 aliphatic carbocycles. The number of nitrogens with one attached hydrogen (secondary N) is 1. The number of carbonyl (C=O) groups excluding carboxylic acids is 1. The Hall–Kier alpha value is -2.88. The highest BCUT2D eigenvalue weighted by atomic mass is 16.3. The smallest absolute Gasteiger partial charge is 0.298 e. The molecule has 7 nitrogen and oxygen atoms in total. The number of aromatic hydroxyl groups is 1. The molecule has 2 heterocycles. The van der Waals surface area contributed by atoms with Crippen molar-refractivity contribution in [2.45, 2.75) is 6.92 Å². The predicted molar refractivity (Wildman–Crippen MR) is 60.6 cm³/mol. The van der Waals surface area contributed by atoms with Gasteiger partial charge in [-0.05, 0) is 13.0 Å². The van der Waals surface area contributed by atoms with E-state index in [0.717, 1.165) is 10.6 Å². The van der Waals surface area contributed by atoms with Gasteiger partial charge in [-0.2, -0.15) is 10.4 Å². The molecule has 2 aromatic rings. The molecule has 90 valence electrons. The van der Waals surface area contributed by atoms with Crippen LogP contribution in [0.1, 0.15) is 22.8 Å². The number of ketones is 1. The minimum atomic E-state index is -0.735. The lowest BCUT2D eigenvalue weighted by atomic mass is 10.2. The van der Waals surface area contributed by atoms with Crippen molar-refractivity contribution in [3.05, 3.63) is 39.9 Å². The molecule has 0 aromatic carbocycles. The first-order valence-electron chi connectivity index (χ1n) is 4.95. The van der Waals surface area contributed by atoms with Crippen LogP contribution in [0.3, 0.4) is 0 Å². The van der Waals surface area contributed by atoms with Gasteiger partial charge in [0.15, 0.2) is 17.4 Å². The molecule has 0 saturated carbocycles. The number of pyridine rings is 1. The van der Waals surface area contributed by atoms with Crippen molar-refractivity contribution in [2.75, 3.05) is 0 Å². The number of hydrogen-bond donors (Lipinski definition) is 2. The summed E-state index contributed by atoms with van der Waals surface area (Å²) in [6.45, 7) is 1.31. The molecule has 0 amide bonds. The maximum Gasteiger partial charge on any atom is 0.298 e. The maximum atomic E-state index is 11.8. The number of H-pyrrole nitrogens is 1. The number of nitriles is 1. The van der Waals surface area contributed by atoms with E-state index in [1.54, 1.807) is 0 Å². The van der Waals surface area contributed by atoms with E-state index in [1.165, 1.54) is 19.3 Å². The number of aromatic amines is 1. The van der Waals surface area contributed by atoms with Gasteiger partial charge in [-0.25, -0.2) is 0 Å². The number of hydrogen-bond acceptors (Lipinski definition) is 5. The van der Waals surface area contributed by atoms with Crippen molar-refractivity contribution in [3.63, 3.8) is 0 Å². The molecular weight excluding hydrogens is 236 g/mol. The van der Waals surface area contributed by atoms with Gasteiger partial charge in [0.25, 0.3) is 5.56 Å². The van der Waals surface area contributed by atoms with Crippen molar-refractivity contribution in [1.29, 1.82) is 5.26 Å². The van der Waals surface area contributed by atoms with Gasteiger partial charge < -0.3 is 5.11 Å². The number of nitrogens with zero attached hydrogens (tertiary/aromatic N) is 3. The van der Waals surface area contributed by atoms with Gasteiger partial charge in [0.05, 0.1) is 6.20 Å². The Labute approximate surface area is 101 Å². The van der Waals surface area contributed by atoms with Crippen LogP contribution < -0.4 is 5.56 Å². The fraction of sp³-hybridized carbons (Fsp3) is 0.0909. The fourth-order valence-corrected chi connectivity index (χ4v) is 1.47. The van der Waals surface area contributed by atoms with Gasteiger partial charge in [0.1, 0.15) is 11.6 Å². The van der Waals surface area contributed by atoms with Gasteiger partial charge in [-0.15, -0.1) is 0 Å². The Balaban J connectivity index is 2.76. The molecule has 0 atom stereocenters. The third-order valence-corrected chi connectivity index (χ3v) is 2.39. The molecule has 0 saturated heterocycles. The summed E-state index contributed by atoms with van der Waals surface area (Å²) in [6, 6.07) is 2.94. The summed E-state index contributed by atoms with van der Waals surface area (Å²) in [4.78, 5) is 23.0. The van der Waals surface area contributed by atoms with Gasteiger partial charge >= 0.3 is 0 Å². The largest absolute Gasteiger partial charge is 0.503 e. The first-order valence-corrected chi connectivity index (χ1v) is 4.95. The van der Waals surface area contributed by atoms with Crippen molar-refractivity contribution < 1.29 is 9.90 Å². The zero-order chi connectivity index (χ0) is 13.3. The van der Waals surface area contributed by atoms with Gasteiger partial charge in [0, 0.05) is 11.8 Å². The molecule has 0 aliphatic rings. The lowest BCUT2D eigenvalue weighted by Crippen LogP contribution is -2.20. The predicted octanol–water partition coefficient (Wildman–Crippen LogP) is 0.340. The van der Waals surface area contributed by atoms with E-state index in [2.05, 4.69) is 10.2 Å². The Morgan fingerprint density at radius 3 is 2.94 bits per heavy atom.